The van der Waals surface area contributed by atoms with Crippen LogP contribution in [0.5, 0.6) is 0 Å². The van der Waals surface area contributed by atoms with Crippen LogP contribution in [0.2, 0.25) is 0 Å². The molecule has 0 saturated heterocycles. The van der Waals surface area contributed by atoms with E-state index < -0.39 is 0 Å². The summed E-state index contributed by atoms with van der Waals surface area (Å²) in [6, 6.07) is 14.7. The standard InChI is InChI=1S/C19H16N2S2/c1-13(2)15-7-5-14(6-8-15)10-16(11-20)19-21-17(12-23-19)18-4-3-9-22-18/h3-10,12-13H,1-2H3/b16-10-. The average Bonchev–Trinajstić information content (AvgIpc) is 3.24. The topological polar surface area (TPSA) is 36.7 Å². The molecule has 4 heteroatoms. The minimum Gasteiger partial charge on any atom is -0.234 e. The SMILES string of the molecule is CC(C)c1ccc(/C=C(/C#N)c2nc(-c3cccs3)cs2)cc1. The van der Waals surface area contributed by atoms with Crippen LogP contribution in [-0.2, 0) is 0 Å². The molecule has 114 valence electrons. The van der Waals surface area contributed by atoms with Gasteiger partial charge in [0.15, 0.2) is 0 Å². The summed E-state index contributed by atoms with van der Waals surface area (Å²) in [4.78, 5) is 5.73. The van der Waals surface area contributed by atoms with Gasteiger partial charge >= 0.3 is 0 Å². The number of nitrogens with zero attached hydrogens (tertiary/aromatic N) is 2. The highest BCUT2D eigenvalue weighted by Crippen LogP contribution is 2.29. The maximum absolute atomic E-state index is 9.47. The first-order valence-electron chi connectivity index (χ1n) is 7.39. The summed E-state index contributed by atoms with van der Waals surface area (Å²) in [5, 5.41) is 14.3. The number of nitriles is 1. The Hall–Kier alpha value is -2.22. The first-order valence-corrected chi connectivity index (χ1v) is 9.15. The lowest BCUT2D eigenvalue weighted by molar-refractivity contribution is 0.866. The predicted octanol–water partition coefficient (Wildman–Crippen LogP) is 6.06. The molecule has 0 spiro atoms. The summed E-state index contributed by atoms with van der Waals surface area (Å²) in [5.74, 6) is 0.510. The fourth-order valence-corrected chi connectivity index (χ4v) is 3.77. The fraction of sp³-hybridized carbons (Fsp3) is 0.158. The molecule has 0 saturated carbocycles. The molecule has 0 amide bonds. The number of hydrogen-bond donors (Lipinski definition) is 0. The van der Waals surface area contributed by atoms with Gasteiger partial charge in [0.05, 0.1) is 16.1 Å². The van der Waals surface area contributed by atoms with Gasteiger partial charge in [0.1, 0.15) is 11.1 Å². The summed E-state index contributed by atoms with van der Waals surface area (Å²) in [5.41, 5.74) is 3.88. The van der Waals surface area contributed by atoms with Gasteiger partial charge in [0.25, 0.3) is 0 Å². The van der Waals surface area contributed by atoms with E-state index >= 15 is 0 Å². The van der Waals surface area contributed by atoms with E-state index in [1.807, 2.05) is 29.0 Å². The number of aromatic nitrogens is 1. The summed E-state index contributed by atoms with van der Waals surface area (Å²) in [7, 11) is 0. The third kappa shape index (κ3) is 3.58. The Morgan fingerprint density at radius 2 is 1.96 bits per heavy atom. The van der Waals surface area contributed by atoms with Gasteiger partial charge in [0, 0.05) is 5.38 Å². The van der Waals surface area contributed by atoms with E-state index in [0.717, 1.165) is 21.1 Å². The smallest absolute Gasteiger partial charge is 0.134 e. The molecule has 3 aromatic rings. The zero-order valence-corrected chi connectivity index (χ0v) is 14.6. The molecule has 2 aromatic heterocycles. The Balaban J connectivity index is 1.89. The molecule has 0 aliphatic carbocycles. The summed E-state index contributed by atoms with van der Waals surface area (Å²) in [6.45, 7) is 4.35. The third-order valence-electron chi connectivity index (χ3n) is 3.54. The first kappa shape index (κ1) is 15.7. The van der Waals surface area contributed by atoms with Crippen molar-refractivity contribution in [1.82, 2.24) is 4.98 Å². The van der Waals surface area contributed by atoms with Gasteiger partial charge in [-0.25, -0.2) is 4.98 Å². The van der Waals surface area contributed by atoms with Crippen molar-refractivity contribution in [3.63, 3.8) is 0 Å². The molecular formula is C19H16N2S2. The summed E-state index contributed by atoms with van der Waals surface area (Å²) < 4.78 is 0. The number of rotatable bonds is 4. The predicted molar refractivity (Wildman–Crippen MR) is 99.4 cm³/mol. The highest BCUT2D eigenvalue weighted by molar-refractivity contribution is 7.14. The van der Waals surface area contributed by atoms with Crippen LogP contribution in [0.3, 0.4) is 0 Å². The second kappa shape index (κ2) is 6.91. The monoisotopic (exact) mass is 336 g/mol. The van der Waals surface area contributed by atoms with E-state index in [9.17, 15) is 5.26 Å². The second-order valence-electron chi connectivity index (χ2n) is 5.51. The quantitative estimate of drug-likeness (QED) is 0.543. The van der Waals surface area contributed by atoms with Crippen molar-refractivity contribution in [2.24, 2.45) is 0 Å². The Bertz CT molecular complexity index is 848. The van der Waals surface area contributed by atoms with E-state index in [-0.39, 0.29) is 0 Å². The van der Waals surface area contributed by atoms with Gasteiger partial charge in [-0.15, -0.1) is 22.7 Å². The van der Waals surface area contributed by atoms with Crippen molar-refractivity contribution >= 4 is 34.3 Å². The van der Waals surface area contributed by atoms with Crippen LogP contribution in [0.15, 0.2) is 47.2 Å². The maximum atomic E-state index is 9.47. The van der Waals surface area contributed by atoms with Gasteiger partial charge in [-0.2, -0.15) is 5.26 Å². The zero-order valence-electron chi connectivity index (χ0n) is 13.0. The highest BCUT2D eigenvalue weighted by Gasteiger charge is 2.09. The van der Waals surface area contributed by atoms with Crippen LogP contribution in [0.4, 0.5) is 0 Å². The first-order chi connectivity index (χ1) is 11.2. The van der Waals surface area contributed by atoms with Crippen molar-refractivity contribution in [2.75, 3.05) is 0 Å². The van der Waals surface area contributed by atoms with E-state index in [1.54, 1.807) is 11.3 Å². The van der Waals surface area contributed by atoms with Gasteiger partial charge in [-0.05, 0) is 34.6 Å². The number of thiazole rings is 1. The summed E-state index contributed by atoms with van der Waals surface area (Å²) in [6.07, 6.45) is 1.90. The number of thiophene rings is 1. The van der Waals surface area contributed by atoms with Crippen LogP contribution >= 0.6 is 22.7 Å². The van der Waals surface area contributed by atoms with Crippen LogP contribution < -0.4 is 0 Å². The molecule has 0 atom stereocenters. The second-order valence-corrected chi connectivity index (χ2v) is 7.31. The van der Waals surface area contributed by atoms with E-state index in [0.29, 0.717) is 11.5 Å². The minimum atomic E-state index is 0.510. The molecule has 2 nitrogen and oxygen atoms in total. The zero-order chi connectivity index (χ0) is 16.2. The number of benzene rings is 1. The van der Waals surface area contributed by atoms with Crippen LogP contribution in [0.1, 0.15) is 35.9 Å². The Kier molecular flexibility index (Phi) is 4.71. The lowest BCUT2D eigenvalue weighted by Gasteiger charge is -2.04. The molecule has 23 heavy (non-hydrogen) atoms. The van der Waals surface area contributed by atoms with Crippen LogP contribution in [-0.4, -0.2) is 4.98 Å². The van der Waals surface area contributed by atoms with Gasteiger partial charge in [-0.1, -0.05) is 44.2 Å². The van der Waals surface area contributed by atoms with Crippen molar-refractivity contribution in [1.29, 1.82) is 5.26 Å². The van der Waals surface area contributed by atoms with Crippen LogP contribution in [0.25, 0.3) is 22.2 Å². The average molecular weight is 336 g/mol. The van der Waals surface area contributed by atoms with Crippen molar-refractivity contribution < 1.29 is 0 Å². The molecule has 0 radical (unpaired) electrons. The normalized spacial score (nSPS) is 11.7. The van der Waals surface area contributed by atoms with Gasteiger partial charge in [-0.3, -0.25) is 0 Å². The highest BCUT2D eigenvalue weighted by atomic mass is 32.1. The van der Waals surface area contributed by atoms with E-state index in [2.05, 4.69) is 49.2 Å². The largest absolute Gasteiger partial charge is 0.234 e. The Labute approximate surface area is 144 Å². The lowest BCUT2D eigenvalue weighted by atomic mass is 10.0. The Morgan fingerprint density at radius 1 is 1.17 bits per heavy atom. The molecule has 0 N–H and O–H groups in total. The summed E-state index contributed by atoms with van der Waals surface area (Å²) >= 11 is 3.17. The molecule has 0 aliphatic rings. The van der Waals surface area contributed by atoms with Crippen molar-refractivity contribution in [3.05, 3.63) is 63.3 Å². The molecule has 0 fully saturated rings. The molecule has 0 bridgehead atoms. The fourth-order valence-electron chi connectivity index (χ4n) is 2.22. The molecule has 2 heterocycles. The minimum absolute atomic E-state index is 0.510. The molecule has 0 unspecified atom stereocenters. The maximum Gasteiger partial charge on any atom is 0.134 e. The number of hydrogen-bond acceptors (Lipinski definition) is 4. The van der Waals surface area contributed by atoms with Gasteiger partial charge in [0.2, 0.25) is 0 Å². The molecule has 0 aliphatic heterocycles. The molecular weight excluding hydrogens is 320 g/mol. The van der Waals surface area contributed by atoms with Crippen LogP contribution in [0, 0.1) is 11.3 Å². The van der Waals surface area contributed by atoms with Gasteiger partial charge < -0.3 is 0 Å². The lowest BCUT2D eigenvalue weighted by Crippen LogP contribution is -1.87. The van der Waals surface area contributed by atoms with Crippen molar-refractivity contribution in [3.8, 4) is 16.6 Å². The Morgan fingerprint density at radius 3 is 2.57 bits per heavy atom. The third-order valence-corrected chi connectivity index (χ3v) is 5.31. The van der Waals surface area contributed by atoms with E-state index in [4.69, 9.17) is 0 Å². The molecule has 1 aromatic carbocycles. The molecule has 3 rings (SSSR count). The van der Waals surface area contributed by atoms with Crippen molar-refractivity contribution in [2.45, 2.75) is 19.8 Å². The van der Waals surface area contributed by atoms with E-state index in [1.165, 1.54) is 16.9 Å². The number of allylic oxidation sites excluding steroid dienone is 1.